The van der Waals surface area contributed by atoms with Crippen molar-refractivity contribution in [2.45, 2.75) is 38.1 Å². The Hall–Kier alpha value is -3.28. The number of likely N-dealkylation sites (tertiary alicyclic amines) is 1. The molecule has 0 atom stereocenters. The molecule has 1 aliphatic rings. The molecule has 1 fully saturated rings. The number of fused-ring (bicyclic) bond motifs is 1. The minimum Gasteiger partial charge on any atom is -0.390 e. The number of rotatable bonds is 4. The van der Waals surface area contributed by atoms with Gasteiger partial charge < -0.3 is 15.3 Å². The van der Waals surface area contributed by atoms with Gasteiger partial charge in [-0.15, -0.1) is 0 Å². The molecular weight excluding hydrogens is 432 g/mol. The average Bonchev–Trinajstić information content (AvgIpc) is 3.02. The molecule has 0 spiro atoms. The molecular formula is C20H20F4N6O2. The maximum absolute atomic E-state index is 13.5. The van der Waals surface area contributed by atoms with E-state index in [9.17, 15) is 27.5 Å². The lowest BCUT2D eigenvalue weighted by Gasteiger charge is -2.35. The molecule has 0 unspecified atom stereocenters. The normalized spacial score (nSPS) is 16.4. The molecule has 170 valence electrons. The minimum atomic E-state index is -4.56. The van der Waals surface area contributed by atoms with Crippen LogP contribution < -0.4 is 5.32 Å². The molecule has 4 heterocycles. The number of aromatic nitrogens is 4. The molecule has 32 heavy (non-hydrogen) atoms. The van der Waals surface area contributed by atoms with E-state index in [1.165, 1.54) is 23.4 Å². The standard InChI is InChI=1S/C20H20F4N6O2/c1-19(32)3-6-29(7-4-19)18(31)14-9-15-13(10-26-14)17(28-30(15)11-20(22,23)24)27-16-8-12(21)2-5-25-16/h2,5,8-10,32H,3-4,6-7,11H2,1H3,(H,25,27,28). The highest BCUT2D eigenvalue weighted by atomic mass is 19.4. The number of pyridine rings is 2. The van der Waals surface area contributed by atoms with Crippen molar-refractivity contribution < 1.29 is 27.5 Å². The number of hydrogen-bond acceptors (Lipinski definition) is 6. The molecule has 1 amide bonds. The number of alkyl halides is 3. The summed E-state index contributed by atoms with van der Waals surface area (Å²) in [6, 6.07) is 3.46. The van der Waals surface area contributed by atoms with Crippen LogP contribution in [0.5, 0.6) is 0 Å². The number of hydrogen-bond donors (Lipinski definition) is 2. The van der Waals surface area contributed by atoms with Crippen LogP contribution in [0.4, 0.5) is 29.2 Å². The molecule has 0 aliphatic carbocycles. The number of anilines is 2. The monoisotopic (exact) mass is 452 g/mol. The second-order valence-electron chi connectivity index (χ2n) is 7.98. The second-order valence-corrected chi connectivity index (χ2v) is 7.98. The van der Waals surface area contributed by atoms with Crippen LogP contribution in [-0.2, 0) is 6.54 Å². The lowest BCUT2D eigenvalue weighted by atomic mass is 9.94. The van der Waals surface area contributed by atoms with E-state index in [-0.39, 0.29) is 28.2 Å². The van der Waals surface area contributed by atoms with Crippen molar-refractivity contribution in [1.29, 1.82) is 0 Å². The van der Waals surface area contributed by atoms with Gasteiger partial charge in [0.15, 0.2) is 5.82 Å². The Morgan fingerprint density at radius 2 is 1.97 bits per heavy atom. The maximum atomic E-state index is 13.5. The van der Waals surface area contributed by atoms with E-state index >= 15 is 0 Å². The van der Waals surface area contributed by atoms with Crippen molar-refractivity contribution in [1.82, 2.24) is 24.6 Å². The van der Waals surface area contributed by atoms with Crippen molar-refractivity contribution >= 4 is 28.4 Å². The summed E-state index contributed by atoms with van der Waals surface area (Å²) >= 11 is 0. The number of halogens is 4. The predicted molar refractivity (Wildman–Crippen MR) is 107 cm³/mol. The fourth-order valence-electron chi connectivity index (χ4n) is 3.52. The van der Waals surface area contributed by atoms with Gasteiger partial charge in [0.25, 0.3) is 5.91 Å². The smallest absolute Gasteiger partial charge is 0.390 e. The maximum Gasteiger partial charge on any atom is 0.408 e. The average molecular weight is 452 g/mol. The van der Waals surface area contributed by atoms with Gasteiger partial charge in [0.05, 0.1) is 16.5 Å². The van der Waals surface area contributed by atoms with Crippen LogP contribution >= 0.6 is 0 Å². The molecule has 3 aromatic rings. The Labute approximate surface area is 179 Å². The summed E-state index contributed by atoms with van der Waals surface area (Å²) in [5, 5.41) is 16.9. The first-order valence-corrected chi connectivity index (χ1v) is 9.84. The predicted octanol–water partition coefficient (Wildman–Crippen LogP) is 3.26. The summed E-state index contributed by atoms with van der Waals surface area (Å²) in [6.45, 7) is 0.930. The first kappa shape index (κ1) is 21.9. The molecule has 0 aromatic carbocycles. The van der Waals surface area contributed by atoms with Crippen LogP contribution in [0.2, 0.25) is 0 Å². The summed E-state index contributed by atoms with van der Waals surface area (Å²) in [5.74, 6) is -0.955. The molecule has 2 N–H and O–H groups in total. The van der Waals surface area contributed by atoms with Crippen molar-refractivity contribution in [2.75, 3.05) is 18.4 Å². The van der Waals surface area contributed by atoms with Crippen LogP contribution in [-0.4, -0.2) is 60.5 Å². The number of nitrogens with zero attached hydrogens (tertiary/aromatic N) is 5. The molecule has 0 radical (unpaired) electrons. The zero-order valence-electron chi connectivity index (χ0n) is 17.0. The van der Waals surface area contributed by atoms with E-state index in [0.29, 0.717) is 25.9 Å². The highest BCUT2D eigenvalue weighted by Crippen LogP contribution is 2.29. The number of nitrogens with one attached hydrogen (secondary N) is 1. The first-order valence-electron chi connectivity index (χ1n) is 9.84. The number of carbonyl (C=O) groups is 1. The largest absolute Gasteiger partial charge is 0.408 e. The SMILES string of the molecule is CC1(O)CCN(C(=O)c2cc3c(cn2)c(Nc2cc(F)ccn2)nn3CC(F)(F)F)CC1. The van der Waals surface area contributed by atoms with Crippen LogP contribution in [0.3, 0.4) is 0 Å². The van der Waals surface area contributed by atoms with E-state index in [0.717, 1.165) is 16.8 Å². The van der Waals surface area contributed by atoms with Crippen molar-refractivity contribution in [2.24, 2.45) is 0 Å². The third kappa shape index (κ3) is 4.79. The van der Waals surface area contributed by atoms with Gasteiger partial charge in [0, 0.05) is 31.5 Å². The zero-order chi connectivity index (χ0) is 23.1. The van der Waals surface area contributed by atoms with Crippen molar-refractivity contribution in [3.63, 3.8) is 0 Å². The third-order valence-electron chi connectivity index (χ3n) is 5.28. The van der Waals surface area contributed by atoms with Gasteiger partial charge in [-0.25, -0.2) is 9.37 Å². The van der Waals surface area contributed by atoms with E-state index in [4.69, 9.17) is 0 Å². The molecule has 8 nitrogen and oxygen atoms in total. The first-order chi connectivity index (χ1) is 15.0. The molecule has 1 saturated heterocycles. The van der Waals surface area contributed by atoms with Gasteiger partial charge in [-0.05, 0) is 31.9 Å². The van der Waals surface area contributed by atoms with Gasteiger partial charge >= 0.3 is 6.18 Å². The Bertz CT molecular complexity index is 1150. The Morgan fingerprint density at radius 3 is 2.62 bits per heavy atom. The number of carbonyl (C=O) groups excluding carboxylic acids is 1. The quantitative estimate of drug-likeness (QED) is 0.590. The lowest BCUT2D eigenvalue weighted by Crippen LogP contribution is -2.45. The molecule has 3 aromatic heterocycles. The van der Waals surface area contributed by atoms with Crippen LogP contribution in [0.15, 0.2) is 30.6 Å². The Kier molecular flexibility index (Phi) is 5.49. The van der Waals surface area contributed by atoms with Gasteiger partial charge in [0.2, 0.25) is 0 Å². The van der Waals surface area contributed by atoms with E-state index < -0.39 is 30.0 Å². The number of amides is 1. The van der Waals surface area contributed by atoms with Gasteiger partial charge in [0.1, 0.15) is 23.9 Å². The molecule has 0 saturated carbocycles. The summed E-state index contributed by atoms with van der Waals surface area (Å²) in [4.78, 5) is 22.4. The Balaban J connectivity index is 1.69. The summed E-state index contributed by atoms with van der Waals surface area (Å²) < 4.78 is 53.5. The van der Waals surface area contributed by atoms with Crippen molar-refractivity contribution in [3.8, 4) is 0 Å². The topological polar surface area (TPSA) is 96.2 Å². The second kappa shape index (κ2) is 8.01. The molecule has 0 bridgehead atoms. The van der Waals surface area contributed by atoms with Crippen LogP contribution in [0.25, 0.3) is 10.9 Å². The fraction of sp³-hybridized carbons (Fsp3) is 0.400. The summed E-state index contributed by atoms with van der Waals surface area (Å²) in [6.07, 6.45) is -1.32. The summed E-state index contributed by atoms with van der Waals surface area (Å²) in [5.41, 5.74) is -0.841. The van der Waals surface area contributed by atoms with Gasteiger partial charge in [-0.2, -0.15) is 18.3 Å². The fourth-order valence-corrected chi connectivity index (χ4v) is 3.52. The van der Waals surface area contributed by atoms with Gasteiger partial charge in [-0.1, -0.05) is 0 Å². The lowest BCUT2D eigenvalue weighted by molar-refractivity contribution is -0.141. The highest BCUT2D eigenvalue weighted by Gasteiger charge is 2.32. The Morgan fingerprint density at radius 1 is 1.25 bits per heavy atom. The van der Waals surface area contributed by atoms with E-state index in [1.54, 1.807) is 6.92 Å². The van der Waals surface area contributed by atoms with E-state index in [1.807, 2.05) is 0 Å². The summed E-state index contributed by atoms with van der Waals surface area (Å²) in [7, 11) is 0. The van der Waals surface area contributed by atoms with Crippen LogP contribution in [0, 0.1) is 5.82 Å². The number of aliphatic hydroxyl groups is 1. The van der Waals surface area contributed by atoms with Crippen molar-refractivity contribution in [3.05, 3.63) is 42.1 Å². The van der Waals surface area contributed by atoms with Gasteiger partial charge in [-0.3, -0.25) is 14.5 Å². The minimum absolute atomic E-state index is 0.00266. The third-order valence-corrected chi connectivity index (χ3v) is 5.28. The zero-order valence-corrected chi connectivity index (χ0v) is 17.0. The van der Waals surface area contributed by atoms with Crippen LogP contribution in [0.1, 0.15) is 30.3 Å². The molecule has 1 aliphatic heterocycles. The molecule has 4 rings (SSSR count). The van der Waals surface area contributed by atoms with E-state index in [2.05, 4.69) is 20.4 Å². The number of piperidine rings is 1. The highest BCUT2D eigenvalue weighted by molar-refractivity contribution is 5.98. The molecule has 12 heteroatoms.